The van der Waals surface area contributed by atoms with Crippen molar-refractivity contribution in [1.29, 1.82) is 0 Å². The van der Waals surface area contributed by atoms with E-state index in [4.69, 9.17) is 4.74 Å². The van der Waals surface area contributed by atoms with Crippen molar-refractivity contribution in [2.45, 2.75) is 44.5 Å². The third kappa shape index (κ3) is 5.32. The number of carbonyl (C=O) groups is 3. The molecule has 2 N–H and O–H groups in total. The lowest BCUT2D eigenvalue weighted by atomic mass is 9.98. The van der Waals surface area contributed by atoms with Gasteiger partial charge in [0.25, 0.3) is 0 Å². The van der Waals surface area contributed by atoms with Crippen LogP contribution in [-0.4, -0.2) is 58.3 Å². The molecule has 2 amide bonds. The Labute approximate surface area is 210 Å². The van der Waals surface area contributed by atoms with E-state index in [2.05, 4.69) is 29.6 Å². The number of thioether (sulfide) groups is 1. The Morgan fingerprint density at radius 2 is 1.66 bits per heavy atom. The molecule has 3 unspecified atom stereocenters. The summed E-state index contributed by atoms with van der Waals surface area (Å²) in [4.78, 5) is 38.6. The van der Waals surface area contributed by atoms with Gasteiger partial charge in [0, 0.05) is 24.6 Å². The van der Waals surface area contributed by atoms with Crippen LogP contribution in [0.15, 0.2) is 48.5 Å². The molecular formula is C27H32N2O5S. The molecule has 1 aliphatic heterocycles. The first-order valence-electron chi connectivity index (χ1n) is 12.0. The molecule has 0 aromatic heterocycles. The second-order valence-electron chi connectivity index (χ2n) is 9.64. The predicted octanol–water partition coefficient (Wildman–Crippen LogP) is 4.56. The lowest BCUT2D eigenvalue weighted by Gasteiger charge is -2.30. The molecule has 1 heterocycles. The van der Waals surface area contributed by atoms with Crippen molar-refractivity contribution in [3.05, 3.63) is 59.7 Å². The van der Waals surface area contributed by atoms with Crippen molar-refractivity contribution in [2.75, 3.05) is 18.9 Å². The molecule has 1 fully saturated rings. The van der Waals surface area contributed by atoms with Gasteiger partial charge in [0.1, 0.15) is 12.6 Å². The Hall–Kier alpha value is -3.00. The summed E-state index contributed by atoms with van der Waals surface area (Å²) in [6.07, 6.45) is -0.358. The lowest BCUT2D eigenvalue weighted by molar-refractivity contribution is -0.149. The molecule has 1 aliphatic carbocycles. The minimum atomic E-state index is -0.974. The van der Waals surface area contributed by atoms with Crippen LogP contribution < -0.4 is 5.32 Å². The fraction of sp³-hybridized carbons (Fsp3) is 0.444. The summed E-state index contributed by atoms with van der Waals surface area (Å²) in [5.41, 5.74) is 4.64. The summed E-state index contributed by atoms with van der Waals surface area (Å²) in [5, 5.41) is 12.2. The van der Waals surface area contributed by atoms with E-state index < -0.39 is 18.1 Å². The van der Waals surface area contributed by atoms with Gasteiger partial charge in [0.05, 0.1) is 5.37 Å². The van der Waals surface area contributed by atoms with Gasteiger partial charge in [-0.15, -0.1) is 11.8 Å². The number of amides is 2. The summed E-state index contributed by atoms with van der Waals surface area (Å²) < 4.78 is 5.57. The number of aliphatic carboxylic acids is 1. The van der Waals surface area contributed by atoms with Gasteiger partial charge in [0.2, 0.25) is 5.91 Å². The maximum Gasteiger partial charge on any atom is 0.407 e. The van der Waals surface area contributed by atoms with Gasteiger partial charge in [-0.05, 0) is 34.1 Å². The minimum Gasteiger partial charge on any atom is -0.480 e. The number of ether oxygens (including phenoxy) is 1. The fourth-order valence-electron chi connectivity index (χ4n) is 4.93. The van der Waals surface area contributed by atoms with E-state index in [0.29, 0.717) is 5.75 Å². The van der Waals surface area contributed by atoms with Crippen molar-refractivity contribution < 1.29 is 24.2 Å². The first kappa shape index (κ1) is 25.1. The molecule has 4 rings (SSSR count). The number of carboxylic acids is 1. The molecular weight excluding hydrogens is 464 g/mol. The average molecular weight is 497 g/mol. The summed E-state index contributed by atoms with van der Waals surface area (Å²) in [6, 6.07) is 15.5. The van der Waals surface area contributed by atoms with Gasteiger partial charge >= 0.3 is 12.1 Å². The highest BCUT2D eigenvalue weighted by molar-refractivity contribution is 8.00. The zero-order chi connectivity index (χ0) is 25.1. The molecule has 3 atom stereocenters. The van der Waals surface area contributed by atoms with E-state index in [1.54, 1.807) is 0 Å². The number of nitrogens with one attached hydrogen (secondary N) is 1. The standard InChI is InChI=1S/C27H32N2O5S/c1-16(2)25-29(23(15-35-25)26(31)32)24(30)12-17(3)13-28-27(33)34-14-22-20-10-6-4-8-18(20)19-9-5-7-11-21(19)22/h4-11,16-17,22-23,25H,12-15H2,1-3H3,(H,28,33)(H,31,32). The summed E-state index contributed by atoms with van der Waals surface area (Å²) >= 11 is 1.51. The first-order chi connectivity index (χ1) is 16.8. The van der Waals surface area contributed by atoms with Gasteiger partial charge in [-0.3, -0.25) is 4.79 Å². The Morgan fingerprint density at radius 3 is 2.23 bits per heavy atom. The third-order valence-electron chi connectivity index (χ3n) is 6.64. The number of carboxylic acid groups (broad SMARTS) is 1. The van der Waals surface area contributed by atoms with Crippen molar-refractivity contribution in [2.24, 2.45) is 11.8 Å². The summed E-state index contributed by atoms with van der Waals surface area (Å²) in [6.45, 7) is 6.35. The second-order valence-corrected chi connectivity index (χ2v) is 10.8. The number of alkyl carbamates (subject to hydrolysis) is 1. The quantitative estimate of drug-likeness (QED) is 0.556. The number of carbonyl (C=O) groups excluding carboxylic acids is 2. The SMILES string of the molecule is CC(CNC(=O)OCC1c2ccccc2-c2ccccc21)CC(=O)N1C(C(=O)O)CSC1C(C)C. The van der Waals surface area contributed by atoms with E-state index in [-0.39, 0.29) is 48.6 Å². The molecule has 2 aromatic carbocycles. The Morgan fingerprint density at radius 1 is 1.06 bits per heavy atom. The summed E-state index contributed by atoms with van der Waals surface area (Å²) in [5.74, 6) is -0.781. The second kappa shape index (κ2) is 10.7. The van der Waals surface area contributed by atoms with E-state index in [1.165, 1.54) is 27.8 Å². The molecule has 0 radical (unpaired) electrons. The van der Waals surface area contributed by atoms with Crippen molar-refractivity contribution >= 4 is 29.7 Å². The molecule has 186 valence electrons. The van der Waals surface area contributed by atoms with Gasteiger partial charge in [-0.25, -0.2) is 9.59 Å². The first-order valence-corrected chi connectivity index (χ1v) is 13.1. The van der Waals surface area contributed by atoms with Crippen LogP contribution in [0.4, 0.5) is 4.79 Å². The van der Waals surface area contributed by atoms with Gasteiger partial charge in [-0.1, -0.05) is 69.3 Å². The number of benzene rings is 2. The monoisotopic (exact) mass is 496 g/mol. The fourth-order valence-corrected chi connectivity index (χ4v) is 6.42. The smallest absolute Gasteiger partial charge is 0.407 e. The maximum absolute atomic E-state index is 13.0. The van der Waals surface area contributed by atoms with E-state index in [0.717, 1.165) is 11.1 Å². The number of hydrogen-bond acceptors (Lipinski definition) is 5. The molecule has 2 aromatic rings. The highest BCUT2D eigenvalue weighted by Gasteiger charge is 2.42. The number of rotatable bonds is 8. The minimum absolute atomic E-state index is 0.0132. The zero-order valence-corrected chi connectivity index (χ0v) is 21.1. The molecule has 35 heavy (non-hydrogen) atoms. The van der Waals surface area contributed by atoms with Gasteiger partial charge in [0.15, 0.2) is 0 Å². The Bertz CT molecular complexity index is 1060. The molecule has 0 bridgehead atoms. The van der Waals surface area contributed by atoms with Crippen LogP contribution in [0.2, 0.25) is 0 Å². The van der Waals surface area contributed by atoms with Gasteiger partial charge in [-0.2, -0.15) is 0 Å². The molecule has 0 saturated carbocycles. The van der Waals surface area contributed by atoms with Crippen molar-refractivity contribution in [3.63, 3.8) is 0 Å². The average Bonchev–Trinajstić information content (AvgIpc) is 3.42. The van der Waals surface area contributed by atoms with Crippen molar-refractivity contribution in [1.82, 2.24) is 10.2 Å². The maximum atomic E-state index is 13.0. The molecule has 7 nitrogen and oxygen atoms in total. The molecule has 0 spiro atoms. The van der Waals surface area contributed by atoms with Crippen molar-refractivity contribution in [3.8, 4) is 11.1 Å². The highest BCUT2D eigenvalue weighted by atomic mass is 32.2. The van der Waals surface area contributed by atoms with E-state index in [1.807, 2.05) is 45.0 Å². The lowest BCUT2D eigenvalue weighted by Crippen LogP contribution is -2.47. The number of hydrogen-bond donors (Lipinski definition) is 2. The Kier molecular flexibility index (Phi) is 7.69. The largest absolute Gasteiger partial charge is 0.480 e. The van der Waals surface area contributed by atoms with Crippen LogP contribution in [-0.2, 0) is 14.3 Å². The van der Waals surface area contributed by atoms with Crippen LogP contribution in [0.1, 0.15) is 44.2 Å². The summed E-state index contributed by atoms with van der Waals surface area (Å²) in [7, 11) is 0. The number of nitrogens with zero attached hydrogens (tertiary/aromatic N) is 1. The van der Waals surface area contributed by atoms with Crippen LogP contribution in [0.3, 0.4) is 0 Å². The highest BCUT2D eigenvalue weighted by Crippen LogP contribution is 2.44. The number of fused-ring (bicyclic) bond motifs is 3. The predicted molar refractivity (Wildman–Crippen MR) is 136 cm³/mol. The van der Waals surface area contributed by atoms with Crippen LogP contribution in [0.5, 0.6) is 0 Å². The molecule has 1 saturated heterocycles. The molecule has 2 aliphatic rings. The topological polar surface area (TPSA) is 95.9 Å². The Balaban J connectivity index is 1.29. The van der Waals surface area contributed by atoms with Crippen LogP contribution in [0, 0.1) is 11.8 Å². The van der Waals surface area contributed by atoms with Crippen LogP contribution >= 0.6 is 11.8 Å². The molecule has 8 heteroatoms. The van der Waals surface area contributed by atoms with Crippen LogP contribution in [0.25, 0.3) is 11.1 Å². The van der Waals surface area contributed by atoms with E-state index >= 15 is 0 Å². The van der Waals surface area contributed by atoms with Gasteiger partial charge < -0.3 is 20.1 Å². The third-order valence-corrected chi connectivity index (χ3v) is 8.26. The normalized spacial score (nSPS) is 19.8. The van der Waals surface area contributed by atoms with E-state index in [9.17, 15) is 19.5 Å². The zero-order valence-electron chi connectivity index (χ0n) is 20.3.